The van der Waals surface area contributed by atoms with Crippen LogP contribution in [0, 0.1) is 5.92 Å². The Balaban J connectivity index is 2.06. The molecule has 0 unspecified atom stereocenters. The highest BCUT2D eigenvalue weighted by molar-refractivity contribution is 5.78. The van der Waals surface area contributed by atoms with Gasteiger partial charge in [-0.1, -0.05) is 0 Å². The molecular formula is C12H22N2O3. The number of rotatable bonds is 6. The molecule has 4 N–H and O–H groups in total. The van der Waals surface area contributed by atoms with Crippen LogP contribution in [0.15, 0.2) is 0 Å². The van der Waals surface area contributed by atoms with E-state index >= 15 is 0 Å². The molecule has 0 spiro atoms. The lowest BCUT2D eigenvalue weighted by Crippen LogP contribution is -2.36. The average molecular weight is 242 g/mol. The Bertz CT molecular complexity index is 260. The van der Waals surface area contributed by atoms with Gasteiger partial charge in [0.05, 0.1) is 0 Å². The summed E-state index contributed by atoms with van der Waals surface area (Å²) in [5.74, 6) is -0.570. The molecule has 98 valence electrons. The predicted molar refractivity (Wildman–Crippen MR) is 64.4 cm³/mol. The molecule has 1 rings (SSSR count). The molecular weight excluding hydrogens is 220 g/mol. The topological polar surface area (TPSA) is 92.4 Å². The number of nitrogens with one attached hydrogen (secondary N) is 1. The summed E-state index contributed by atoms with van der Waals surface area (Å²) in [4.78, 5) is 22.0. The third kappa shape index (κ3) is 5.68. The highest BCUT2D eigenvalue weighted by Crippen LogP contribution is 2.23. The highest BCUT2D eigenvalue weighted by atomic mass is 16.4. The lowest BCUT2D eigenvalue weighted by molar-refractivity contribution is -0.137. The van der Waals surface area contributed by atoms with Crippen LogP contribution >= 0.6 is 0 Å². The molecule has 0 atom stereocenters. The zero-order valence-electron chi connectivity index (χ0n) is 10.2. The molecule has 0 saturated heterocycles. The summed E-state index contributed by atoms with van der Waals surface area (Å²) >= 11 is 0. The van der Waals surface area contributed by atoms with Gasteiger partial charge in [0, 0.05) is 24.9 Å². The molecule has 0 aromatic heterocycles. The smallest absolute Gasteiger partial charge is 0.303 e. The van der Waals surface area contributed by atoms with Crippen LogP contribution in [0.5, 0.6) is 0 Å². The summed E-state index contributed by atoms with van der Waals surface area (Å²) in [5.41, 5.74) is 5.78. The van der Waals surface area contributed by atoms with Crippen LogP contribution in [0.2, 0.25) is 0 Å². The standard InChI is InChI=1S/C12H22N2O3/c13-10-6-4-9(5-7-10)12(17)14-8-2-1-3-11(15)16/h9-10H,1-8,13H2,(H,14,17)(H,15,16). The predicted octanol–water partition coefficient (Wildman–Crippen LogP) is 0.875. The van der Waals surface area contributed by atoms with Crippen molar-refractivity contribution in [2.24, 2.45) is 11.7 Å². The van der Waals surface area contributed by atoms with Crippen LogP contribution in [-0.4, -0.2) is 29.6 Å². The van der Waals surface area contributed by atoms with Gasteiger partial charge in [-0.3, -0.25) is 9.59 Å². The van der Waals surface area contributed by atoms with Gasteiger partial charge < -0.3 is 16.2 Å². The molecule has 5 nitrogen and oxygen atoms in total. The number of carbonyl (C=O) groups excluding carboxylic acids is 1. The molecule has 0 bridgehead atoms. The number of unbranched alkanes of at least 4 members (excludes halogenated alkanes) is 1. The Morgan fingerprint density at radius 2 is 1.82 bits per heavy atom. The third-order valence-corrected chi connectivity index (χ3v) is 3.26. The SMILES string of the molecule is NC1CCC(C(=O)NCCCCC(=O)O)CC1. The van der Waals surface area contributed by atoms with Crippen LogP contribution in [0.25, 0.3) is 0 Å². The van der Waals surface area contributed by atoms with E-state index in [1.165, 1.54) is 0 Å². The van der Waals surface area contributed by atoms with Gasteiger partial charge in [0.2, 0.25) is 5.91 Å². The van der Waals surface area contributed by atoms with E-state index in [1.807, 2.05) is 0 Å². The van der Waals surface area contributed by atoms with Crippen molar-refractivity contribution in [1.82, 2.24) is 5.32 Å². The van der Waals surface area contributed by atoms with Gasteiger partial charge in [0.1, 0.15) is 0 Å². The van der Waals surface area contributed by atoms with E-state index in [0.717, 1.165) is 32.1 Å². The Hall–Kier alpha value is -1.10. The van der Waals surface area contributed by atoms with Gasteiger partial charge in [0.15, 0.2) is 0 Å². The minimum Gasteiger partial charge on any atom is -0.481 e. The fourth-order valence-electron chi connectivity index (χ4n) is 2.14. The van der Waals surface area contributed by atoms with Gasteiger partial charge >= 0.3 is 5.97 Å². The first-order chi connectivity index (χ1) is 8.09. The number of aliphatic carboxylic acids is 1. The number of hydrogen-bond acceptors (Lipinski definition) is 3. The maximum Gasteiger partial charge on any atom is 0.303 e. The fraction of sp³-hybridized carbons (Fsp3) is 0.833. The Kier molecular flexibility index (Phi) is 5.97. The first kappa shape index (κ1) is 14.0. The molecule has 0 aromatic rings. The molecule has 0 heterocycles. The Labute approximate surface area is 102 Å². The van der Waals surface area contributed by atoms with Crippen LogP contribution < -0.4 is 11.1 Å². The summed E-state index contributed by atoms with van der Waals surface area (Å²) in [7, 11) is 0. The minimum absolute atomic E-state index is 0.104. The molecule has 1 amide bonds. The molecule has 17 heavy (non-hydrogen) atoms. The van der Waals surface area contributed by atoms with Crippen LogP contribution in [0.4, 0.5) is 0 Å². The van der Waals surface area contributed by atoms with Crippen molar-refractivity contribution in [1.29, 1.82) is 0 Å². The number of carboxylic acid groups (broad SMARTS) is 1. The number of carbonyl (C=O) groups is 2. The quantitative estimate of drug-likeness (QED) is 0.603. The average Bonchev–Trinajstić information content (AvgIpc) is 2.29. The van der Waals surface area contributed by atoms with E-state index in [1.54, 1.807) is 0 Å². The van der Waals surface area contributed by atoms with Crippen molar-refractivity contribution in [3.05, 3.63) is 0 Å². The lowest BCUT2D eigenvalue weighted by atomic mass is 9.86. The summed E-state index contributed by atoms with van der Waals surface area (Å²) < 4.78 is 0. The number of nitrogens with two attached hydrogens (primary N) is 1. The molecule has 1 saturated carbocycles. The second kappa shape index (κ2) is 7.27. The van der Waals surface area contributed by atoms with Crippen molar-refractivity contribution in [2.75, 3.05) is 6.54 Å². The maximum absolute atomic E-state index is 11.7. The number of carboxylic acids is 1. The molecule has 0 aliphatic heterocycles. The molecule has 1 aliphatic rings. The van der Waals surface area contributed by atoms with E-state index in [9.17, 15) is 9.59 Å². The van der Waals surface area contributed by atoms with E-state index in [4.69, 9.17) is 10.8 Å². The van der Waals surface area contributed by atoms with Crippen LogP contribution in [-0.2, 0) is 9.59 Å². The van der Waals surface area contributed by atoms with Gasteiger partial charge in [-0.2, -0.15) is 0 Å². The van der Waals surface area contributed by atoms with Gasteiger partial charge in [-0.15, -0.1) is 0 Å². The van der Waals surface area contributed by atoms with Crippen LogP contribution in [0.1, 0.15) is 44.9 Å². The largest absolute Gasteiger partial charge is 0.481 e. The van der Waals surface area contributed by atoms with E-state index in [-0.39, 0.29) is 24.3 Å². The molecule has 0 radical (unpaired) electrons. The summed E-state index contributed by atoms with van der Waals surface area (Å²) in [6, 6.07) is 0.259. The summed E-state index contributed by atoms with van der Waals surface area (Å²) in [6.07, 6.45) is 5.13. The van der Waals surface area contributed by atoms with Gasteiger partial charge in [0.25, 0.3) is 0 Å². The Morgan fingerprint density at radius 1 is 1.18 bits per heavy atom. The summed E-state index contributed by atoms with van der Waals surface area (Å²) in [5, 5.41) is 11.3. The second-order valence-electron chi connectivity index (χ2n) is 4.75. The highest BCUT2D eigenvalue weighted by Gasteiger charge is 2.23. The first-order valence-electron chi connectivity index (χ1n) is 6.34. The minimum atomic E-state index is -0.780. The van der Waals surface area contributed by atoms with E-state index < -0.39 is 5.97 Å². The van der Waals surface area contributed by atoms with Gasteiger partial charge in [-0.05, 0) is 38.5 Å². The van der Waals surface area contributed by atoms with Crippen molar-refractivity contribution in [3.8, 4) is 0 Å². The van der Waals surface area contributed by atoms with Crippen molar-refractivity contribution >= 4 is 11.9 Å². The fourth-order valence-corrected chi connectivity index (χ4v) is 2.14. The zero-order valence-corrected chi connectivity index (χ0v) is 10.2. The second-order valence-corrected chi connectivity index (χ2v) is 4.75. The molecule has 1 fully saturated rings. The van der Waals surface area contributed by atoms with Crippen molar-refractivity contribution in [2.45, 2.75) is 51.0 Å². The lowest BCUT2D eigenvalue weighted by Gasteiger charge is -2.25. The normalized spacial score (nSPS) is 24.3. The first-order valence-corrected chi connectivity index (χ1v) is 6.34. The van der Waals surface area contributed by atoms with E-state index in [2.05, 4.69) is 5.32 Å². The maximum atomic E-state index is 11.7. The molecule has 5 heteroatoms. The monoisotopic (exact) mass is 242 g/mol. The summed E-state index contributed by atoms with van der Waals surface area (Å²) in [6.45, 7) is 0.578. The number of amides is 1. The Morgan fingerprint density at radius 3 is 2.41 bits per heavy atom. The molecule has 1 aliphatic carbocycles. The molecule has 0 aromatic carbocycles. The van der Waals surface area contributed by atoms with Crippen molar-refractivity contribution in [3.63, 3.8) is 0 Å². The van der Waals surface area contributed by atoms with E-state index in [0.29, 0.717) is 13.0 Å². The third-order valence-electron chi connectivity index (χ3n) is 3.26. The zero-order chi connectivity index (χ0) is 12.7. The van der Waals surface area contributed by atoms with Crippen molar-refractivity contribution < 1.29 is 14.7 Å². The van der Waals surface area contributed by atoms with Crippen LogP contribution in [0.3, 0.4) is 0 Å². The van der Waals surface area contributed by atoms with Gasteiger partial charge in [-0.25, -0.2) is 0 Å². The number of hydrogen-bond donors (Lipinski definition) is 3.